The smallest absolute Gasteiger partial charge is 0.330 e. The van der Waals surface area contributed by atoms with E-state index in [1.807, 2.05) is 0 Å². The Morgan fingerprint density at radius 2 is 2.00 bits per heavy atom. The molecule has 19 heavy (non-hydrogen) atoms. The summed E-state index contributed by atoms with van der Waals surface area (Å²) in [5.74, 6) is -1.59. The van der Waals surface area contributed by atoms with Crippen molar-refractivity contribution in [2.75, 3.05) is 19.8 Å². The van der Waals surface area contributed by atoms with Crippen molar-refractivity contribution in [3.63, 3.8) is 0 Å². The third kappa shape index (κ3) is 3.52. The van der Waals surface area contributed by atoms with Crippen LogP contribution in [0.1, 0.15) is 11.6 Å². The highest BCUT2D eigenvalue weighted by atomic mass is 16.6. The van der Waals surface area contributed by atoms with Gasteiger partial charge in [0.2, 0.25) is 0 Å². The summed E-state index contributed by atoms with van der Waals surface area (Å²) < 4.78 is 10.3. The fourth-order valence-corrected chi connectivity index (χ4v) is 1.81. The highest BCUT2D eigenvalue weighted by Gasteiger charge is 2.28. The zero-order valence-electron chi connectivity index (χ0n) is 10.2. The fourth-order valence-electron chi connectivity index (χ4n) is 1.81. The number of amides is 1. The van der Waals surface area contributed by atoms with Crippen LogP contribution in [0, 0.1) is 0 Å². The summed E-state index contributed by atoms with van der Waals surface area (Å²) >= 11 is 0. The summed E-state index contributed by atoms with van der Waals surface area (Å²) in [6, 6.07) is 7.44. The van der Waals surface area contributed by atoms with Crippen molar-refractivity contribution >= 4 is 11.9 Å². The molecule has 0 radical (unpaired) electrons. The summed E-state index contributed by atoms with van der Waals surface area (Å²) in [6.07, 6.45) is -0.751. The lowest BCUT2D eigenvalue weighted by Crippen LogP contribution is -2.45. The predicted molar refractivity (Wildman–Crippen MR) is 65.5 cm³/mol. The minimum atomic E-state index is -1.11. The Labute approximate surface area is 110 Å². The molecule has 1 aromatic carbocycles. The molecule has 0 saturated carbocycles. The van der Waals surface area contributed by atoms with E-state index in [2.05, 4.69) is 5.32 Å². The van der Waals surface area contributed by atoms with Gasteiger partial charge in [0.15, 0.2) is 12.1 Å². The standard InChI is InChI=1S/C13H15NO5/c15-12(10-8-18-6-7-19-10)14-11(13(16)17)9-4-2-1-3-5-9/h1-5,10-11H,6-8H2,(H,14,15)(H,16,17)/t10?,11-/m1/s1. The van der Waals surface area contributed by atoms with E-state index in [1.54, 1.807) is 30.3 Å². The molecule has 6 nitrogen and oxygen atoms in total. The molecule has 0 bridgehead atoms. The Bertz CT molecular complexity index is 442. The molecular weight excluding hydrogens is 250 g/mol. The summed E-state index contributed by atoms with van der Waals surface area (Å²) in [7, 11) is 0. The quantitative estimate of drug-likeness (QED) is 0.820. The minimum Gasteiger partial charge on any atom is -0.479 e. The molecule has 0 spiro atoms. The Kier molecular flexibility index (Phi) is 4.48. The lowest BCUT2D eigenvalue weighted by Gasteiger charge is -2.24. The molecule has 1 aromatic rings. The van der Waals surface area contributed by atoms with E-state index in [0.29, 0.717) is 18.8 Å². The van der Waals surface area contributed by atoms with Crippen LogP contribution in [0.4, 0.5) is 0 Å². The first-order valence-corrected chi connectivity index (χ1v) is 5.96. The maximum atomic E-state index is 11.9. The maximum absolute atomic E-state index is 11.9. The van der Waals surface area contributed by atoms with Gasteiger partial charge in [0.1, 0.15) is 0 Å². The molecule has 1 unspecified atom stereocenters. The number of nitrogens with one attached hydrogen (secondary N) is 1. The first-order valence-electron chi connectivity index (χ1n) is 5.96. The zero-order valence-corrected chi connectivity index (χ0v) is 10.2. The van der Waals surface area contributed by atoms with Gasteiger partial charge in [0.05, 0.1) is 19.8 Å². The van der Waals surface area contributed by atoms with Crippen LogP contribution in [-0.4, -0.2) is 42.9 Å². The van der Waals surface area contributed by atoms with Crippen molar-refractivity contribution < 1.29 is 24.2 Å². The van der Waals surface area contributed by atoms with Gasteiger partial charge < -0.3 is 19.9 Å². The van der Waals surface area contributed by atoms with Crippen LogP contribution in [0.5, 0.6) is 0 Å². The molecule has 0 aromatic heterocycles. The maximum Gasteiger partial charge on any atom is 0.330 e. The van der Waals surface area contributed by atoms with Crippen LogP contribution in [-0.2, 0) is 19.1 Å². The normalized spacial score (nSPS) is 20.5. The van der Waals surface area contributed by atoms with Crippen LogP contribution in [0.2, 0.25) is 0 Å². The van der Waals surface area contributed by atoms with Crippen molar-refractivity contribution in [3.05, 3.63) is 35.9 Å². The van der Waals surface area contributed by atoms with Gasteiger partial charge in [0.25, 0.3) is 5.91 Å². The highest BCUT2D eigenvalue weighted by Crippen LogP contribution is 2.13. The Morgan fingerprint density at radius 1 is 1.26 bits per heavy atom. The minimum absolute atomic E-state index is 0.146. The number of ether oxygens (including phenoxy) is 2. The van der Waals surface area contributed by atoms with Crippen molar-refractivity contribution in [1.29, 1.82) is 0 Å². The van der Waals surface area contributed by atoms with E-state index in [1.165, 1.54) is 0 Å². The first kappa shape index (κ1) is 13.5. The number of carboxylic acids is 1. The second-order valence-electron chi connectivity index (χ2n) is 4.12. The van der Waals surface area contributed by atoms with Crippen LogP contribution in [0.3, 0.4) is 0 Å². The number of carbonyl (C=O) groups is 2. The number of aliphatic carboxylic acids is 1. The number of carbonyl (C=O) groups excluding carboxylic acids is 1. The molecule has 2 rings (SSSR count). The van der Waals surface area contributed by atoms with Gasteiger partial charge in [-0.2, -0.15) is 0 Å². The van der Waals surface area contributed by atoms with Crippen LogP contribution < -0.4 is 5.32 Å². The molecule has 1 fully saturated rings. The molecule has 2 N–H and O–H groups in total. The number of carboxylic acid groups (broad SMARTS) is 1. The molecule has 1 aliphatic rings. The lowest BCUT2D eigenvalue weighted by atomic mass is 10.1. The molecule has 6 heteroatoms. The van der Waals surface area contributed by atoms with Gasteiger partial charge in [-0.3, -0.25) is 4.79 Å². The van der Waals surface area contributed by atoms with E-state index in [0.717, 1.165) is 0 Å². The summed E-state index contributed by atoms with van der Waals surface area (Å²) in [4.78, 5) is 23.1. The van der Waals surface area contributed by atoms with E-state index in [4.69, 9.17) is 9.47 Å². The Hall–Kier alpha value is -1.92. The van der Waals surface area contributed by atoms with Gasteiger partial charge in [-0.25, -0.2) is 4.79 Å². The van der Waals surface area contributed by atoms with E-state index < -0.39 is 24.0 Å². The van der Waals surface area contributed by atoms with Crippen LogP contribution in [0.15, 0.2) is 30.3 Å². The summed E-state index contributed by atoms with van der Waals surface area (Å²) in [5, 5.41) is 11.6. The van der Waals surface area contributed by atoms with E-state index in [9.17, 15) is 14.7 Å². The zero-order chi connectivity index (χ0) is 13.7. The second-order valence-corrected chi connectivity index (χ2v) is 4.12. The molecule has 1 heterocycles. The Morgan fingerprint density at radius 3 is 2.58 bits per heavy atom. The highest BCUT2D eigenvalue weighted by molar-refractivity contribution is 5.87. The van der Waals surface area contributed by atoms with Crippen molar-refractivity contribution in [3.8, 4) is 0 Å². The molecular formula is C13H15NO5. The van der Waals surface area contributed by atoms with E-state index >= 15 is 0 Å². The van der Waals surface area contributed by atoms with Crippen molar-refractivity contribution in [2.24, 2.45) is 0 Å². The molecule has 1 amide bonds. The fraction of sp³-hybridized carbons (Fsp3) is 0.385. The van der Waals surface area contributed by atoms with E-state index in [-0.39, 0.29) is 6.61 Å². The van der Waals surface area contributed by atoms with Gasteiger partial charge in [-0.15, -0.1) is 0 Å². The molecule has 0 aliphatic carbocycles. The summed E-state index contributed by atoms with van der Waals surface area (Å²) in [6.45, 7) is 0.930. The van der Waals surface area contributed by atoms with Gasteiger partial charge >= 0.3 is 5.97 Å². The lowest BCUT2D eigenvalue weighted by molar-refractivity contribution is -0.152. The van der Waals surface area contributed by atoms with Gasteiger partial charge in [-0.05, 0) is 5.56 Å². The topological polar surface area (TPSA) is 84.9 Å². The number of hydrogen-bond acceptors (Lipinski definition) is 4. The first-order chi connectivity index (χ1) is 9.18. The predicted octanol–water partition coefficient (Wildman–Crippen LogP) is 0.344. The van der Waals surface area contributed by atoms with Gasteiger partial charge in [-0.1, -0.05) is 30.3 Å². The monoisotopic (exact) mass is 265 g/mol. The average Bonchev–Trinajstić information content (AvgIpc) is 2.46. The Balaban J connectivity index is 2.04. The summed E-state index contributed by atoms with van der Waals surface area (Å²) in [5.41, 5.74) is 0.514. The second kappa shape index (κ2) is 6.31. The third-order valence-electron chi connectivity index (χ3n) is 2.77. The van der Waals surface area contributed by atoms with Crippen LogP contribution >= 0.6 is 0 Å². The van der Waals surface area contributed by atoms with Gasteiger partial charge in [0, 0.05) is 0 Å². The van der Waals surface area contributed by atoms with Crippen molar-refractivity contribution in [1.82, 2.24) is 5.32 Å². The molecule has 1 aliphatic heterocycles. The molecule has 1 saturated heterocycles. The number of benzene rings is 1. The SMILES string of the molecule is O=C(N[C@@H](C(=O)O)c1ccccc1)C1COCCO1. The number of hydrogen-bond donors (Lipinski definition) is 2. The number of rotatable bonds is 4. The average molecular weight is 265 g/mol. The molecule has 2 atom stereocenters. The molecule has 102 valence electrons. The third-order valence-corrected chi connectivity index (χ3v) is 2.77. The van der Waals surface area contributed by atoms with Crippen molar-refractivity contribution in [2.45, 2.75) is 12.1 Å². The largest absolute Gasteiger partial charge is 0.479 e. The van der Waals surface area contributed by atoms with Crippen LogP contribution in [0.25, 0.3) is 0 Å².